The zero-order valence-electron chi connectivity index (χ0n) is 11.9. The lowest BCUT2D eigenvalue weighted by Gasteiger charge is -2.22. The molecule has 0 radical (unpaired) electrons. The first-order chi connectivity index (χ1) is 9.83. The maximum atomic E-state index is 12.2. The molecule has 0 aromatic heterocycles. The van der Waals surface area contributed by atoms with Gasteiger partial charge in [-0.1, -0.05) is 6.07 Å². The van der Waals surface area contributed by atoms with Crippen LogP contribution in [0.1, 0.15) is 25.7 Å². The van der Waals surface area contributed by atoms with Crippen molar-refractivity contribution in [2.24, 2.45) is 5.92 Å². The molecule has 0 aliphatic carbocycles. The number of benzene rings is 1. The zero-order valence-corrected chi connectivity index (χ0v) is 11.9. The van der Waals surface area contributed by atoms with E-state index in [1.54, 1.807) is 0 Å². The normalized spacial score (nSPS) is 20.1. The molecule has 0 spiro atoms. The summed E-state index contributed by atoms with van der Waals surface area (Å²) in [6.07, 6.45) is 4.42. The van der Waals surface area contributed by atoms with E-state index < -0.39 is 0 Å². The van der Waals surface area contributed by atoms with Gasteiger partial charge in [0.2, 0.25) is 5.91 Å². The summed E-state index contributed by atoms with van der Waals surface area (Å²) in [7, 11) is 0. The molecule has 0 atom stereocenters. The number of nitrogens with one attached hydrogen (secondary N) is 2. The highest BCUT2D eigenvalue weighted by Crippen LogP contribution is 2.24. The predicted molar refractivity (Wildman–Crippen MR) is 82.1 cm³/mol. The molecule has 2 saturated heterocycles. The Morgan fingerprint density at radius 2 is 1.95 bits per heavy atom. The molecule has 108 valence electrons. The van der Waals surface area contributed by atoms with Crippen LogP contribution in [0, 0.1) is 5.92 Å². The van der Waals surface area contributed by atoms with Gasteiger partial charge < -0.3 is 15.5 Å². The van der Waals surface area contributed by atoms with Gasteiger partial charge in [-0.3, -0.25) is 4.79 Å². The van der Waals surface area contributed by atoms with Gasteiger partial charge in [0.1, 0.15) is 0 Å². The minimum atomic E-state index is 0.159. The number of carbonyl (C=O) groups excluding carboxylic acids is 1. The highest BCUT2D eigenvalue weighted by atomic mass is 16.1. The largest absolute Gasteiger partial charge is 0.371 e. The lowest BCUT2D eigenvalue weighted by Crippen LogP contribution is -2.34. The Balaban J connectivity index is 1.64. The van der Waals surface area contributed by atoms with Gasteiger partial charge in [0.15, 0.2) is 0 Å². The van der Waals surface area contributed by atoms with Crippen LogP contribution in [-0.4, -0.2) is 32.1 Å². The van der Waals surface area contributed by atoms with Gasteiger partial charge in [-0.15, -0.1) is 0 Å². The maximum Gasteiger partial charge on any atom is 0.227 e. The van der Waals surface area contributed by atoms with Crippen molar-refractivity contribution < 1.29 is 4.79 Å². The van der Waals surface area contributed by atoms with E-state index in [-0.39, 0.29) is 11.8 Å². The molecular weight excluding hydrogens is 250 g/mol. The summed E-state index contributed by atoms with van der Waals surface area (Å²) >= 11 is 0. The van der Waals surface area contributed by atoms with Crippen molar-refractivity contribution in [3.8, 4) is 0 Å². The Morgan fingerprint density at radius 3 is 2.70 bits per heavy atom. The minimum absolute atomic E-state index is 0.159. The van der Waals surface area contributed by atoms with E-state index in [0.717, 1.165) is 44.7 Å². The number of hydrogen-bond donors (Lipinski definition) is 2. The van der Waals surface area contributed by atoms with Gasteiger partial charge in [-0.2, -0.15) is 0 Å². The van der Waals surface area contributed by atoms with Crippen molar-refractivity contribution in [3.05, 3.63) is 24.3 Å². The van der Waals surface area contributed by atoms with Crippen molar-refractivity contribution >= 4 is 17.3 Å². The Bertz CT molecular complexity index is 463. The second-order valence-electron chi connectivity index (χ2n) is 5.76. The first-order valence-corrected chi connectivity index (χ1v) is 7.69. The lowest BCUT2D eigenvalue weighted by molar-refractivity contribution is -0.120. The van der Waals surface area contributed by atoms with Crippen LogP contribution in [-0.2, 0) is 4.79 Å². The molecule has 4 heteroatoms. The van der Waals surface area contributed by atoms with Gasteiger partial charge >= 0.3 is 0 Å². The molecule has 2 N–H and O–H groups in total. The van der Waals surface area contributed by atoms with Crippen molar-refractivity contribution in [1.29, 1.82) is 0 Å². The second kappa shape index (κ2) is 6.27. The number of rotatable bonds is 3. The number of nitrogens with zero attached hydrogens (tertiary/aromatic N) is 1. The van der Waals surface area contributed by atoms with Crippen LogP contribution in [0.5, 0.6) is 0 Å². The SMILES string of the molecule is O=C(Nc1cccc(N2CCCC2)c1)C1CCNCC1. The summed E-state index contributed by atoms with van der Waals surface area (Å²) in [4.78, 5) is 14.6. The Morgan fingerprint density at radius 1 is 1.20 bits per heavy atom. The van der Waals surface area contributed by atoms with E-state index >= 15 is 0 Å². The van der Waals surface area contributed by atoms with E-state index in [0.29, 0.717) is 0 Å². The van der Waals surface area contributed by atoms with Crippen LogP contribution in [0.4, 0.5) is 11.4 Å². The van der Waals surface area contributed by atoms with Crippen LogP contribution < -0.4 is 15.5 Å². The number of anilines is 2. The standard InChI is InChI=1S/C16H23N3O/c20-16(13-6-8-17-9-7-13)18-14-4-3-5-15(12-14)19-10-1-2-11-19/h3-5,12-13,17H,1-2,6-11H2,(H,18,20). The van der Waals surface area contributed by atoms with Gasteiger partial charge in [-0.05, 0) is 57.0 Å². The third kappa shape index (κ3) is 3.12. The molecule has 2 heterocycles. The molecule has 0 saturated carbocycles. The summed E-state index contributed by atoms with van der Waals surface area (Å²) in [5.74, 6) is 0.330. The molecule has 4 nitrogen and oxygen atoms in total. The number of piperidine rings is 1. The van der Waals surface area contributed by atoms with Crippen molar-refractivity contribution in [3.63, 3.8) is 0 Å². The van der Waals surface area contributed by atoms with Gasteiger partial charge in [0, 0.05) is 30.4 Å². The van der Waals surface area contributed by atoms with Gasteiger partial charge in [0.05, 0.1) is 0 Å². The number of carbonyl (C=O) groups is 1. The van der Waals surface area contributed by atoms with E-state index in [9.17, 15) is 4.79 Å². The maximum absolute atomic E-state index is 12.2. The third-order valence-corrected chi connectivity index (χ3v) is 4.29. The molecule has 2 fully saturated rings. The zero-order chi connectivity index (χ0) is 13.8. The second-order valence-corrected chi connectivity index (χ2v) is 5.76. The smallest absolute Gasteiger partial charge is 0.227 e. The monoisotopic (exact) mass is 273 g/mol. The summed E-state index contributed by atoms with van der Waals surface area (Å²) in [6, 6.07) is 8.25. The molecule has 0 unspecified atom stereocenters. The van der Waals surface area contributed by atoms with E-state index in [1.807, 2.05) is 12.1 Å². The first-order valence-electron chi connectivity index (χ1n) is 7.69. The predicted octanol–water partition coefficient (Wildman–Crippen LogP) is 2.22. The number of amides is 1. The topological polar surface area (TPSA) is 44.4 Å². The minimum Gasteiger partial charge on any atom is -0.371 e. The molecule has 2 aliphatic heterocycles. The number of hydrogen-bond acceptors (Lipinski definition) is 3. The summed E-state index contributed by atoms with van der Waals surface area (Å²) < 4.78 is 0. The molecule has 3 rings (SSSR count). The van der Waals surface area contributed by atoms with Gasteiger partial charge in [0.25, 0.3) is 0 Å². The lowest BCUT2D eigenvalue weighted by atomic mass is 9.97. The molecule has 1 amide bonds. The van der Waals surface area contributed by atoms with Crippen LogP contribution in [0.2, 0.25) is 0 Å². The fraction of sp³-hybridized carbons (Fsp3) is 0.562. The summed E-state index contributed by atoms with van der Waals surface area (Å²) in [5.41, 5.74) is 2.16. The first kappa shape index (κ1) is 13.4. The third-order valence-electron chi connectivity index (χ3n) is 4.29. The average molecular weight is 273 g/mol. The molecule has 20 heavy (non-hydrogen) atoms. The highest BCUT2D eigenvalue weighted by Gasteiger charge is 2.21. The van der Waals surface area contributed by atoms with E-state index in [2.05, 4.69) is 27.7 Å². The van der Waals surface area contributed by atoms with Gasteiger partial charge in [-0.25, -0.2) is 0 Å². The fourth-order valence-corrected chi connectivity index (χ4v) is 3.08. The van der Waals surface area contributed by atoms with Crippen LogP contribution in [0.3, 0.4) is 0 Å². The van der Waals surface area contributed by atoms with Crippen LogP contribution >= 0.6 is 0 Å². The molecule has 2 aliphatic rings. The molecule has 0 bridgehead atoms. The quantitative estimate of drug-likeness (QED) is 0.887. The van der Waals surface area contributed by atoms with Crippen molar-refractivity contribution in [1.82, 2.24) is 5.32 Å². The summed E-state index contributed by atoms with van der Waals surface area (Å²) in [5, 5.41) is 6.38. The molecule has 1 aromatic rings. The molecule has 1 aromatic carbocycles. The Hall–Kier alpha value is -1.55. The van der Waals surface area contributed by atoms with E-state index in [1.165, 1.54) is 18.5 Å². The Kier molecular flexibility index (Phi) is 4.21. The van der Waals surface area contributed by atoms with Crippen LogP contribution in [0.15, 0.2) is 24.3 Å². The highest BCUT2D eigenvalue weighted by molar-refractivity contribution is 5.93. The fourth-order valence-electron chi connectivity index (χ4n) is 3.08. The van der Waals surface area contributed by atoms with E-state index in [4.69, 9.17) is 0 Å². The average Bonchev–Trinajstić information content (AvgIpc) is 3.03. The summed E-state index contributed by atoms with van der Waals surface area (Å²) in [6.45, 7) is 4.16. The van der Waals surface area contributed by atoms with Crippen molar-refractivity contribution in [2.45, 2.75) is 25.7 Å². The van der Waals surface area contributed by atoms with Crippen molar-refractivity contribution in [2.75, 3.05) is 36.4 Å². The molecular formula is C16H23N3O. The van der Waals surface area contributed by atoms with Crippen LogP contribution in [0.25, 0.3) is 0 Å². The Labute approximate surface area is 120 Å².